The quantitative estimate of drug-likeness (QED) is 0.176. The van der Waals surface area contributed by atoms with Crippen molar-refractivity contribution in [3.8, 4) is 0 Å². The molecule has 0 rings (SSSR count). The highest BCUT2D eigenvalue weighted by Crippen LogP contribution is 2.13. The Labute approximate surface area is 147 Å². The highest BCUT2D eigenvalue weighted by atomic mass is 127. The first-order chi connectivity index (χ1) is 8.68. The Morgan fingerprint density at radius 1 is 0.684 bits per heavy atom. The molecule has 0 amide bonds. The summed E-state index contributed by atoms with van der Waals surface area (Å²) in [6, 6.07) is 0. The van der Waals surface area contributed by atoms with E-state index in [4.69, 9.17) is 0 Å². The number of nitrogens with zero attached hydrogens (tertiary/aromatic N) is 1. The number of alkyl halides is 1. The first kappa shape index (κ1) is 22.5. The van der Waals surface area contributed by atoms with Gasteiger partial charge in [0, 0.05) is 11.8 Å². The molecule has 3 heteroatoms. The molecule has 0 aliphatic heterocycles. The van der Waals surface area contributed by atoms with E-state index >= 15 is 0 Å². The van der Waals surface area contributed by atoms with Gasteiger partial charge in [-0.05, 0) is 25.7 Å². The van der Waals surface area contributed by atoms with E-state index in [-0.39, 0.29) is 24.0 Å². The van der Waals surface area contributed by atoms with Crippen LogP contribution in [-0.2, 0) is 0 Å². The minimum absolute atomic E-state index is 0. The second-order valence-corrected chi connectivity index (χ2v) is 6.75. The molecule has 0 heterocycles. The van der Waals surface area contributed by atoms with Crippen LogP contribution in [0.1, 0.15) is 71.6 Å². The first-order valence-corrected chi connectivity index (χ1v) is 9.20. The molecule has 0 aliphatic carbocycles. The van der Waals surface area contributed by atoms with E-state index in [1.165, 1.54) is 81.9 Å². The van der Waals surface area contributed by atoms with Gasteiger partial charge in [-0.15, -0.1) is 0 Å². The molecule has 0 spiro atoms. The topological polar surface area (TPSA) is 0 Å². The lowest BCUT2D eigenvalue weighted by Crippen LogP contribution is -3.00. The molecule has 0 saturated carbocycles. The number of hydrogen-bond acceptors (Lipinski definition) is 0. The zero-order valence-electron chi connectivity index (χ0n) is 13.4. The van der Waals surface area contributed by atoms with E-state index in [1.54, 1.807) is 0 Å². The van der Waals surface area contributed by atoms with Gasteiger partial charge in [0.2, 0.25) is 0 Å². The smallest absolute Gasteiger partial charge is 0.0792 e. The standard InChI is InChI=1S/C16H35BrN.HI/c1-4-6-8-9-11-15-18(3,16-12-13-17)14-10-7-5-2;/h4-16H2,1-3H3;1H/q+1;/p-1. The predicted molar refractivity (Wildman–Crippen MR) is 87.5 cm³/mol. The lowest BCUT2D eigenvalue weighted by molar-refractivity contribution is -0.910. The van der Waals surface area contributed by atoms with Gasteiger partial charge in [0.1, 0.15) is 0 Å². The van der Waals surface area contributed by atoms with Crippen LogP contribution in [0.3, 0.4) is 0 Å². The Bertz CT molecular complexity index is 178. The fourth-order valence-corrected chi connectivity index (χ4v) is 2.87. The lowest BCUT2D eigenvalue weighted by Gasteiger charge is -2.35. The summed E-state index contributed by atoms with van der Waals surface area (Å²) in [7, 11) is 2.47. The van der Waals surface area contributed by atoms with E-state index < -0.39 is 0 Å². The molecule has 0 aromatic rings. The minimum Gasteiger partial charge on any atom is -1.00 e. The molecule has 0 fully saturated rings. The molecule has 0 N–H and O–H groups in total. The van der Waals surface area contributed by atoms with Crippen LogP contribution in [0.25, 0.3) is 0 Å². The average Bonchev–Trinajstić information content (AvgIpc) is 2.37. The summed E-state index contributed by atoms with van der Waals surface area (Å²) in [5.74, 6) is 0. The predicted octanol–water partition coefficient (Wildman–Crippen LogP) is 2.38. The number of unbranched alkanes of at least 4 members (excludes halogenated alkanes) is 6. The fraction of sp³-hybridized carbons (Fsp3) is 1.00. The summed E-state index contributed by atoms with van der Waals surface area (Å²) < 4.78 is 1.30. The SMILES string of the molecule is CCCCCCC[N+](C)(CCCBr)CCCCC.[I-]. The van der Waals surface area contributed by atoms with Gasteiger partial charge in [0.25, 0.3) is 0 Å². The van der Waals surface area contributed by atoms with Crippen LogP contribution in [0.15, 0.2) is 0 Å². The minimum atomic E-state index is 0. The summed E-state index contributed by atoms with van der Waals surface area (Å²) >= 11 is 3.58. The Hall–Kier alpha value is 1.17. The summed E-state index contributed by atoms with van der Waals surface area (Å²) in [6.07, 6.45) is 12.5. The average molecular weight is 448 g/mol. The molecule has 118 valence electrons. The fourth-order valence-electron chi connectivity index (χ4n) is 2.62. The number of rotatable bonds is 13. The normalized spacial score (nSPS) is 13.9. The van der Waals surface area contributed by atoms with E-state index in [0.29, 0.717) is 0 Å². The van der Waals surface area contributed by atoms with Crippen molar-refractivity contribution >= 4 is 15.9 Å². The van der Waals surface area contributed by atoms with Crippen molar-refractivity contribution in [2.75, 3.05) is 32.0 Å². The Morgan fingerprint density at radius 2 is 1.11 bits per heavy atom. The molecule has 1 nitrogen and oxygen atoms in total. The van der Waals surface area contributed by atoms with Crippen LogP contribution in [0.2, 0.25) is 0 Å². The molecule has 19 heavy (non-hydrogen) atoms. The molecule has 0 saturated heterocycles. The molecule has 1 atom stereocenters. The van der Waals surface area contributed by atoms with Crippen LogP contribution in [0.5, 0.6) is 0 Å². The second-order valence-electron chi connectivity index (χ2n) is 5.95. The van der Waals surface area contributed by atoms with E-state index in [9.17, 15) is 0 Å². The van der Waals surface area contributed by atoms with Crippen molar-refractivity contribution < 1.29 is 28.5 Å². The number of quaternary nitrogens is 1. The van der Waals surface area contributed by atoms with E-state index in [1.807, 2.05) is 0 Å². The molecule has 1 unspecified atom stereocenters. The largest absolute Gasteiger partial charge is 1.00 e. The van der Waals surface area contributed by atoms with Crippen molar-refractivity contribution in [1.29, 1.82) is 0 Å². The second kappa shape index (κ2) is 15.6. The third kappa shape index (κ3) is 13.9. The maximum Gasteiger partial charge on any atom is 0.0792 e. The van der Waals surface area contributed by atoms with Crippen molar-refractivity contribution in [2.45, 2.75) is 71.6 Å². The molecule has 0 aliphatic rings. The lowest BCUT2D eigenvalue weighted by atomic mass is 10.1. The van der Waals surface area contributed by atoms with Gasteiger partial charge in [0.15, 0.2) is 0 Å². The van der Waals surface area contributed by atoms with Crippen molar-refractivity contribution in [2.24, 2.45) is 0 Å². The molecule has 0 aromatic heterocycles. The van der Waals surface area contributed by atoms with Crippen molar-refractivity contribution in [3.05, 3.63) is 0 Å². The monoisotopic (exact) mass is 447 g/mol. The van der Waals surface area contributed by atoms with Gasteiger partial charge in [-0.3, -0.25) is 0 Å². The molecule has 0 radical (unpaired) electrons. The van der Waals surface area contributed by atoms with Crippen LogP contribution in [0.4, 0.5) is 0 Å². The maximum atomic E-state index is 3.58. The van der Waals surface area contributed by atoms with Crippen LogP contribution in [0, 0.1) is 0 Å². The van der Waals surface area contributed by atoms with Gasteiger partial charge in [-0.25, -0.2) is 0 Å². The molecule has 0 bridgehead atoms. The van der Waals surface area contributed by atoms with Crippen molar-refractivity contribution in [1.82, 2.24) is 0 Å². The third-order valence-corrected chi connectivity index (χ3v) is 4.50. The van der Waals surface area contributed by atoms with Gasteiger partial charge in [-0.1, -0.05) is 55.5 Å². The van der Waals surface area contributed by atoms with Crippen LogP contribution < -0.4 is 24.0 Å². The maximum absolute atomic E-state index is 3.58. The molecule has 0 aromatic carbocycles. The number of halogens is 2. The van der Waals surface area contributed by atoms with Crippen LogP contribution >= 0.6 is 15.9 Å². The summed E-state index contributed by atoms with van der Waals surface area (Å²) in [4.78, 5) is 0. The van der Waals surface area contributed by atoms with E-state index in [0.717, 1.165) is 5.33 Å². The summed E-state index contributed by atoms with van der Waals surface area (Å²) in [5.41, 5.74) is 0. The van der Waals surface area contributed by atoms with E-state index in [2.05, 4.69) is 36.8 Å². The Balaban J connectivity index is 0. The zero-order chi connectivity index (χ0) is 13.7. The summed E-state index contributed by atoms with van der Waals surface area (Å²) in [6.45, 7) is 8.71. The highest BCUT2D eigenvalue weighted by molar-refractivity contribution is 9.09. The highest BCUT2D eigenvalue weighted by Gasteiger charge is 2.19. The van der Waals surface area contributed by atoms with Gasteiger partial charge in [-0.2, -0.15) is 0 Å². The van der Waals surface area contributed by atoms with Gasteiger partial charge >= 0.3 is 0 Å². The van der Waals surface area contributed by atoms with Gasteiger partial charge < -0.3 is 28.5 Å². The molecular formula is C16H35BrIN. The zero-order valence-corrected chi connectivity index (χ0v) is 17.1. The Kier molecular flexibility index (Phi) is 18.4. The van der Waals surface area contributed by atoms with Crippen molar-refractivity contribution in [3.63, 3.8) is 0 Å². The van der Waals surface area contributed by atoms with Gasteiger partial charge in [0.05, 0.1) is 26.7 Å². The van der Waals surface area contributed by atoms with Crippen LogP contribution in [-0.4, -0.2) is 36.5 Å². The third-order valence-electron chi connectivity index (χ3n) is 3.93. The summed E-state index contributed by atoms with van der Waals surface area (Å²) in [5, 5.41) is 1.16. The first-order valence-electron chi connectivity index (χ1n) is 8.08. The molecular weight excluding hydrogens is 413 g/mol. The number of hydrogen-bond donors (Lipinski definition) is 0. The Morgan fingerprint density at radius 3 is 1.63 bits per heavy atom.